The van der Waals surface area contributed by atoms with Crippen LogP contribution < -0.4 is 5.56 Å². The normalized spacial score (nSPS) is 16.8. The fourth-order valence-electron chi connectivity index (χ4n) is 5.57. The van der Waals surface area contributed by atoms with E-state index in [0.29, 0.717) is 42.9 Å². The zero-order valence-corrected chi connectivity index (χ0v) is 21.0. The number of fused-ring (bicyclic) bond motifs is 1. The lowest BCUT2D eigenvalue weighted by molar-refractivity contribution is -0.132. The van der Waals surface area contributed by atoms with E-state index in [9.17, 15) is 18.8 Å². The highest BCUT2D eigenvalue weighted by Crippen LogP contribution is 2.25. The molecule has 0 saturated carbocycles. The SMILES string of the molecule is O=C(CCC1CCN(C(=O)c2cc(Cc3n[nH]c(=O)c4ccccc34)ccc2F)CC1)N1CCCCC1. The summed E-state index contributed by atoms with van der Waals surface area (Å²) in [5.41, 5.74) is 1.22. The first-order valence-corrected chi connectivity index (χ1v) is 13.3. The minimum Gasteiger partial charge on any atom is -0.343 e. The number of hydrogen-bond donors (Lipinski definition) is 1. The number of rotatable bonds is 6. The van der Waals surface area contributed by atoms with Crippen LogP contribution in [0.3, 0.4) is 0 Å². The number of nitrogens with zero attached hydrogens (tertiary/aromatic N) is 3. The topological polar surface area (TPSA) is 86.4 Å². The highest BCUT2D eigenvalue weighted by atomic mass is 19.1. The summed E-state index contributed by atoms with van der Waals surface area (Å²) in [7, 11) is 0. The van der Waals surface area contributed by atoms with Crippen molar-refractivity contribution in [1.82, 2.24) is 20.0 Å². The van der Waals surface area contributed by atoms with Gasteiger partial charge in [0.15, 0.2) is 0 Å². The van der Waals surface area contributed by atoms with Crippen molar-refractivity contribution in [3.63, 3.8) is 0 Å². The number of nitrogens with one attached hydrogen (secondary N) is 1. The quantitative estimate of drug-likeness (QED) is 0.542. The number of amides is 2. The van der Waals surface area contributed by atoms with Gasteiger partial charge in [-0.3, -0.25) is 14.4 Å². The van der Waals surface area contributed by atoms with Gasteiger partial charge in [0.2, 0.25) is 5.91 Å². The van der Waals surface area contributed by atoms with Crippen LogP contribution in [-0.4, -0.2) is 58.0 Å². The van der Waals surface area contributed by atoms with Crippen molar-refractivity contribution in [3.05, 3.63) is 75.5 Å². The molecule has 37 heavy (non-hydrogen) atoms. The number of aromatic amines is 1. The van der Waals surface area contributed by atoms with Gasteiger partial charge < -0.3 is 9.80 Å². The number of likely N-dealkylation sites (tertiary alicyclic amines) is 2. The Balaban J connectivity index is 1.20. The smallest absolute Gasteiger partial charge is 0.272 e. The molecule has 7 nitrogen and oxygen atoms in total. The largest absolute Gasteiger partial charge is 0.343 e. The Morgan fingerprint density at radius 2 is 1.68 bits per heavy atom. The number of hydrogen-bond acceptors (Lipinski definition) is 4. The number of H-pyrrole nitrogens is 1. The summed E-state index contributed by atoms with van der Waals surface area (Å²) in [6, 6.07) is 11.8. The van der Waals surface area contributed by atoms with Crippen molar-refractivity contribution < 1.29 is 14.0 Å². The van der Waals surface area contributed by atoms with E-state index >= 15 is 0 Å². The third-order valence-electron chi connectivity index (χ3n) is 7.78. The summed E-state index contributed by atoms with van der Waals surface area (Å²) in [4.78, 5) is 41.5. The molecule has 2 aromatic carbocycles. The third kappa shape index (κ3) is 5.73. The van der Waals surface area contributed by atoms with Crippen LogP contribution in [0.15, 0.2) is 47.3 Å². The molecule has 5 rings (SSSR count). The van der Waals surface area contributed by atoms with Gasteiger partial charge in [0.1, 0.15) is 5.82 Å². The van der Waals surface area contributed by atoms with E-state index in [2.05, 4.69) is 10.2 Å². The van der Waals surface area contributed by atoms with Gasteiger partial charge in [0.25, 0.3) is 11.5 Å². The zero-order valence-electron chi connectivity index (χ0n) is 21.0. The van der Waals surface area contributed by atoms with Crippen molar-refractivity contribution >= 4 is 22.6 Å². The monoisotopic (exact) mass is 504 g/mol. The first-order chi connectivity index (χ1) is 18.0. The molecule has 194 valence electrons. The van der Waals surface area contributed by atoms with Gasteiger partial charge in [-0.25, -0.2) is 9.49 Å². The average molecular weight is 505 g/mol. The molecule has 1 N–H and O–H groups in total. The fraction of sp³-hybridized carbons (Fsp3) is 0.448. The van der Waals surface area contributed by atoms with E-state index in [1.807, 2.05) is 17.0 Å². The molecule has 0 atom stereocenters. The minimum absolute atomic E-state index is 0.0601. The van der Waals surface area contributed by atoms with E-state index in [0.717, 1.165) is 56.1 Å². The Hall–Kier alpha value is -3.55. The summed E-state index contributed by atoms with van der Waals surface area (Å²) in [6.07, 6.45) is 6.85. The van der Waals surface area contributed by atoms with Crippen LogP contribution in [0.5, 0.6) is 0 Å². The predicted molar refractivity (Wildman–Crippen MR) is 140 cm³/mol. The first kappa shape index (κ1) is 25.1. The molecule has 0 aliphatic carbocycles. The maximum absolute atomic E-state index is 14.7. The molecule has 0 spiro atoms. The van der Waals surface area contributed by atoms with Crippen molar-refractivity contribution in [3.8, 4) is 0 Å². The standard InChI is InChI=1S/C29H33FN4O3/c30-25-10-8-21(19-26-22-6-2-3-7-23(22)28(36)32-31-26)18-24(25)29(37)34-16-12-20(13-17-34)9-11-27(35)33-14-4-1-5-15-33/h2-3,6-8,10,18,20H,1,4-5,9,11-17,19H2,(H,32,36). The van der Waals surface area contributed by atoms with Crippen molar-refractivity contribution in [2.75, 3.05) is 26.2 Å². The van der Waals surface area contributed by atoms with Crippen LogP contribution in [0, 0.1) is 11.7 Å². The second kappa shape index (κ2) is 11.2. The molecule has 2 amide bonds. The lowest BCUT2D eigenvalue weighted by Crippen LogP contribution is -2.39. The summed E-state index contributed by atoms with van der Waals surface area (Å²) >= 11 is 0. The highest BCUT2D eigenvalue weighted by Gasteiger charge is 2.27. The molecule has 0 unspecified atom stereocenters. The minimum atomic E-state index is -0.540. The Labute approximate surface area is 215 Å². The molecule has 0 bridgehead atoms. The molecule has 2 saturated heterocycles. The van der Waals surface area contributed by atoms with Crippen LogP contribution >= 0.6 is 0 Å². The summed E-state index contributed by atoms with van der Waals surface area (Å²) in [6.45, 7) is 2.89. The Kier molecular flexibility index (Phi) is 7.63. The molecule has 3 aromatic rings. The maximum atomic E-state index is 14.7. The molecular weight excluding hydrogens is 471 g/mol. The van der Waals surface area contributed by atoms with Gasteiger partial charge in [0.05, 0.1) is 16.6 Å². The number of halogens is 1. The van der Waals surface area contributed by atoms with Crippen LogP contribution in [0.4, 0.5) is 4.39 Å². The first-order valence-electron chi connectivity index (χ1n) is 13.3. The fourth-order valence-corrected chi connectivity index (χ4v) is 5.57. The van der Waals surface area contributed by atoms with Gasteiger partial charge in [-0.2, -0.15) is 5.10 Å². The maximum Gasteiger partial charge on any atom is 0.272 e. The van der Waals surface area contributed by atoms with Gasteiger partial charge in [0, 0.05) is 44.4 Å². The average Bonchev–Trinajstić information content (AvgIpc) is 2.95. The van der Waals surface area contributed by atoms with E-state index in [1.165, 1.54) is 12.5 Å². The Morgan fingerprint density at radius 3 is 2.43 bits per heavy atom. The molecule has 3 heterocycles. The lowest BCUT2D eigenvalue weighted by atomic mass is 9.91. The van der Waals surface area contributed by atoms with Crippen molar-refractivity contribution in [2.45, 2.75) is 51.4 Å². The zero-order chi connectivity index (χ0) is 25.8. The van der Waals surface area contributed by atoms with Crippen LogP contribution in [0.1, 0.15) is 66.6 Å². The molecule has 1 aromatic heterocycles. The van der Waals surface area contributed by atoms with Crippen molar-refractivity contribution in [2.24, 2.45) is 5.92 Å². The van der Waals surface area contributed by atoms with Crippen molar-refractivity contribution in [1.29, 1.82) is 0 Å². The molecule has 0 radical (unpaired) electrons. The molecule has 2 aliphatic rings. The number of carbonyl (C=O) groups is 2. The summed E-state index contributed by atoms with van der Waals surface area (Å²) in [5.74, 6) is -0.181. The van der Waals surface area contributed by atoms with Gasteiger partial charge in [-0.05, 0) is 68.2 Å². The van der Waals surface area contributed by atoms with Crippen LogP contribution in [0.2, 0.25) is 0 Å². The second-order valence-electron chi connectivity index (χ2n) is 10.3. The lowest BCUT2D eigenvalue weighted by Gasteiger charge is -2.33. The number of benzene rings is 2. The Bertz CT molecular complexity index is 1340. The molecule has 2 aliphatic heterocycles. The Morgan fingerprint density at radius 1 is 0.946 bits per heavy atom. The predicted octanol–water partition coefficient (Wildman–Crippen LogP) is 4.30. The van der Waals surface area contributed by atoms with E-state index in [-0.39, 0.29) is 22.9 Å². The summed E-state index contributed by atoms with van der Waals surface area (Å²) < 4.78 is 14.7. The third-order valence-corrected chi connectivity index (χ3v) is 7.78. The van der Waals surface area contributed by atoms with Gasteiger partial charge >= 0.3 is 0 Å². The van der Waals surface area contributed by atoms with E-state index in [4.69, 9.17) is 0 Å². The van der Waals surface area contributed by atoms with Gasteiger partial charge in [-0.15, -0.1) is 0 Å². The number of piperidine rings is 2. The van der Waals surface area contributed by atoms with E-state index in [1.54, 1.807) is 29.2 Å². The molecule has 2 fully saturated rings. The summed E-state index contributed by atoms with van der Waals surface area (Å²) in [5, 5.41) is 8.02. The van der Waals surface area contributed by atoms with Gasteiger partial charge in [-0.1, -0.05) is 24.3 Å². The highest BCUT2D eigenvalue weighted by molar-refractivity contribution is 5.95. The number of carbonyl (C=O) groups excluding carboxylic acids is 2. The van der Waals surface area contributed by atoms with Crippen LogP contribution in [0.25, 0.3) is 10.8 Å². The van der Waals surface area contributed by atoms with E-state index < -0.39 is 5.82 Å². The van der Waals surface area contributed by atoms with Crippen LogP contribution in [-0.2, 0) is 11.2 Å². The molecular formula is C29H33FN4O3. The number of aromatic nitrogens is 2. The second-order valence-corrected chi connectivity index (χ2v) is 10.3. The molecule has 8 heteroatoms.